The first-order valence-corrected chi connectivity index (χ1v) is 9.72. The maximum Gasteiger partial charge on any atom is 0.490 e. The summed E-state index contributed by atoms with van der Waals surface area (Å²) in [5.41, 5.74) is 0.250. The van der Waals surface area contributed by atoms with Gasteiger partial charge in [0.1, 0.15) is 5.76 Å². The van der Waals surface area contributed by atoms with Gasteiger partial charge in [0.05, 0.1) is 13.2 Å². The maximum absolute atomic E-state index is 12.8. The quantitative estimate of drug-likeness (QED) is 0.719. The Hall–Kier alpha value is -3.22. The average molecular weight is 457 g/mol. The van der Waals surface area contributed by atoms with Crippen LogP contribution in [-0.4, -0.2) is 82.6 Å². The molecule has 1 amide bonds. The molecule has 0 aromatic carbocycles. The number of amides is 1. The van der Waals surface area contributed by atoms with Gasteiger partial charge in [-0.25, -0.2) is 14.8 Å². The molecule has 4 rings (SSSR count). The summed E-state index contributed by atoms with van der Waals surface area (Å²) >= 11 is 0. The SMILES string of the molecule is Cc1cc(C(=O)N2CCOCC3(CCN(c4ncccn4)C3)C2)no1.O=C(O)C(F)(F)F. The van der Waals surface area contributed by atoms with Gasteiger partial charge in [-0.05, 0) is 19.4 Å². The van der Waals surface area contributed by atoms with E-state index in [9.17, 15) is 18.0 Å². The number of hydrogen-bond acceptors (Lipinski definition) is 8. The molecular formula is C19H22F3N5O5. The number of carbonyl (C=O) groups excluding carboxylic acids is 1. The normalized spacial score (nSPS) is 21.1. The highest BCUT2D eigenvalue weighted by Crippen LogP contribution is 2.35. The minimum atomic E-state index is -5.08. The van der Waals surface area contributed by atoms with Gasteiger partial charge in [-0.15, -0.1) is 0 Å². The van der Waals surface area contributed by atoms with E-state index in [2.05, 4.69) is 20.0 Å². The van der Waals surface area contributed by atoms with E-state index < -0.39 is 12.1 Å². The first-order valence-electron chi connectivity index (χ1n) is 9.72. The zero-order chi connectivity index (χ0) is 23.4. The van der Waals surface area contributed by atoms with E-state index in [0.717, 1.165) is 25.5 Å². The molecule has 32 heavy (non-hydrogen) atoms. The van der Waals surface area contributed by atoms with Crippen molar-refractivity contribution >= 4 is 17.8 Å². The van der Waals surface area contributed by atoms with Gasteiger partial charge < -0.3 is 24.2 Å². The van der Waals surface area contributed by atoms with Crippen LogP contribution in [-0.2, 0) is 9.53 Å². The summed E-state index contributed by atoms with van der Waals surface area (Å²) in [6.07, 6.45) is -0.647. The predicted octanol–water partition coefficient (Wildman–Crippen LogP) is 1.78. The largest absolute Gasteiger partial charge is 0.490 e. The fourth-order valence-corrected chi connectivity index (χ4v) is 3.60. The third kappa shape index (κ3) is 5.72. The highest BCUT2D eigenvalue weighted by atomic mass is 19.4. The van der Waals surface area contributed by atoms with E-state index in [1.807, 2.05) is 11.0 Å². The van der Waals surface area contributed by atoms with Gasteiger partial charge in [-0.1, -0.05) is 5.16 Å². The molecule has 2 aromatic rings. The third-order valence-electron chi connectivity index (χ3n) is 5.09. The second kappa shape index (κ2) is 9.51. The fourth-order valence-electron chi connectivity index (χ4n) is 3.60. The number of aromatic nitrogens is 3. The van der Waals surface area contributed by atoms with E-state index in [4.69, 9.17) is 19.2 Å². The lowest BCUT2D eigenvalue weighted by Crippen LogP contribution is -2.43. The smallest absolute Gasteiger partial charge is 0.475 e. The monoisotopic (exact) mass is 457 g/mol. The summed E-state index contributed by atoms with van der Waals surface area (Å²) in [4.78, 5) is 34.3. The number of aliphatic carboxylic acids is 1. The van der Waals surface area contributed by atoms with Crippen LogP contribution in [0.1, 0.15) is 22.7 Å². The van der Waals surface area contributed by atoms with Crippen molar-refractivity contribution in [2.75, 3.05) is 44.3 Å². The molecule has 1 spiro atoms. The van der Waals surface area contributed by atoms with Crippen LogP contribution >= 0.6 is 0 Å². The molecule has 10 nitrogen and oxygen atoms in total. The Kier molecular flexibility index (Phi) is 6.96. The predicted molar refractivity (Wildman–Crippen MR) is 103 cm³/mol. The zero-order valence-corrected chi connectivity index (χ0v) is 17.2. The lowest BCUT2D eigenvalue weighted by Gasteiger charge is -2.31. The number of hydrogen-bond donors (Lipinski definition) is 1. The van der Waals surface area contributed by atoms with Gasteiger partial charge in [0.25, 0.3) is 5.91 Å². The van der Waals surface area contributed by atoms with Crippen LogP contribution in [0.3, 0.4) is 0 Å². The Balaban J connectivity index is 0.000000360. The second-order valence-electron chi connectivity index (χ2n) is 7.63. The van der Waals surface area contributed by atoms with Gasteiger partial charge in [0, 0.05) is 50.1 Å². The van der Waals surface area contributed by atoms with Crippen molar-refractivity contribution in [3.8, 4) is 0 Å². The van der Waals surface area contributed by atoms with E-state index in [-0.39, 0.29) is 11.3 Å². The summed E-state index contributed by atoms with van der Waals surface area (Å²) in [6.45, 7) is 5.79. The maximum atomic E-state index is 12.8. The molecule has 2 fully saturated rings. The number of carbonyl (C=O) groups is 2. The molecule has 0 saturated carbocycles. The molecule has 0 aliphatic carbocycles. The molecule has 1 unspecified atom stereocenters. The van der Waals surface area contributed by atoms with Crippen molar-refractivity contribution < 1.29 is 37.1 Å². The van der Waals surface area contributed by atoms with Crippen LogP contribution in [0, 0.1) is 12.3 Å². The van der Waals surface area contributed by atoms with Crippen LogP contribution in [0.4, 0.5) is 19.1 Å². The van der Waals surface area contributed by atoms with Crippen LogP contribution in [0.2, 0.25) is 0 Å². The van der Waals surface area contributed by atoms with E-state index in [1.165, 1.54) is 0 Å². The van der Waals surface area contributed by atoms with Gasteiger partial charge in [0.2, 0.25) is 5.95 Å². The molecule has 2 aliphatic rings. The minimum Gasteiger partial charge on any atom is -0.475 e. The molecule has 13 heteroatoms. The Labute approximate surface area is 181 Å². The minimum absolute atomic E-state index is 0.101. The molecule has 0 radical (unpaired) electrons. The lowest BCUT2D eigenvalue weighted by molar-refractivity contribution is -0.192. The van der Waals surface area contributed by atoms with Crippen molar-refractivity contribution in [1.29, 1.82) is 0 Å². The summed E-state index contributed by atoms with van der Waals surface area (Å²) < 4.78 is 42.6. The second-order valence-corrected chi connectivity index (χ2v) is 7.63. The molecule has 1 atom stereocenters. The van der Waals surface area contributed by atoms with Crippen molar-refractivity contribution in [2.45, 2.75) is 19.5 Å². The first-order chi connectivity index (χ1) is 15.1. The Morgan fingerprint density at radius 2 is 1.88 bits per heavy atom. The van der Waals surface area contributed by atoms with Crippen LogP contribution in [0.5, 0.6) is 0 Å². The molecule has 174 valence electrons. The Bertz CT molecular complexity index is 939. The fraction of sp³-hybridized carbons (Fsp3) is 0.526. The first kappa shape index (κ1) is 23.4. The Morgan fingerprint density at radius 1 is 1.19 bits per heavy atom. The van der Waals surface area contributed by atoms with Crippen molar-refractivity contribution in [1.82, 2.24) is 20.0 Å². The van der Waals surface area contributed by atoms with Gasteiger partial charge >= 0.3 is 12.1 Å². The number of ether oxygens (including phenoxy) is 1. The molecule has 1 N–H and O–H groups in total. The summed E-state index contributed by atoms with van der Waals surface area (Å²) in [7, 11) is 0. The van der Waals surface area contributed by atoms with E-state index in [1.54, 1.807) is 25.4 Å². The number of alkyl halides is 3. The van der Waals surface area contributed by atoms with Crippen molar-refractivity contribution in [3.05, 3.63) is 36.0 Å². The van der Waals surface area contributed by atoms with Crippen LogP contribution < -0.4 is 4.90 Å². The average Bonchev–Trinajstić information content (AvgIpc) is 3.30. The lowest BCUT2D eigenvalue weighted by atomic mass is 9.87. The molecule has 2 aromatic heterocycles. The third-order valence-corrected chi connectivity index (χ3v) is 5.09. The number of carboxylic acid groups (broad SMARTS) is 1. The van der Waals surface area contributed by atoms with Gasteiger partial charge in [-0.3, -0.25) is 4.79 Å². The van der Waals surface area contributed by atoms with Crippen LogP contribution in [0.15, 0.2) is 29.0 Å². The number of rotatable bonds is 2. The Morgan fingerprint density at radius 3 is 2.47 bits per heavy atom. The number of halogens is 3. The standard InChI is InChI=1S/C17H21N5O3.C2HF3O2/c1-13-9-14(20-25-13)15(23)21-7-8-24-12-17(10-21)3-6-22(11-17)16-18-4-2-5-19-16;3-2(4,5)1(6)7/h2,4-5,9H,3,6-8,10-12H2,1H3;(H,6,7). The number of aryl methyl sites for hydroxylation is 1. The van der Waals surface area contributed by atoms with Crippen molar-refractivity contribution in [3.63, 3.8) is 0 Å². The summed E-state index contributed by atoms with van der Waals surface area (Å²) in [5, 5.41) is 11.0. The molecule has 2 aliphatic heterocycles. The number of anilines is 1. The van der Waals surface area contributed by atoms with Gasteiger partial charge in [0.15, 0.2) is 5.69 Å². The summed E-state index contributed by atoms with van der Waals surface area (Å²) in [5.74, 6) is -1.49. The van der Waals surface area contributed by atoms with Crippen molar-refractivity contribution in [2.24, 2.45) is 5.41 Å². The molecule has 0 bridgehead atoms. The highest BCUT2D eigenvalue weighted by molar-refractivity contribution is 5.92. The van der Waals surface area contributed by atoms with Gasteiger partial charge in [-0.2, -0.15) is 13.2 Å². The molecular weight excluding hydrogens is 435 g/mol. The number of nitrogens with zero attached hydrogens (tertiary/aromatic N) is 5. The number of carboxylic acids is 1. The molecule has 2 saturated heterocycles. The van der Waals surface area contributed by atoms with E-state index >= 15 is 0 Å². The van der Waals surface area contributed by atoms with Crippen LogP contribution in [0.25, 0.3) is 0 Å². The summed E-state index contributed by atoms with van der Waals surface area (Å²) in [6, 6.07) is 3.49. The van der Waals surface area contributed by atoms with E-state index in [0.29, 0.717) is 37.8 Å². The zero-order valence-electron chi connectivity index (χ0n) is 17.2. The highest BCUT2D eigenvalue weighted by Gasteiger charge is 2.43. The topological polar surface area (TPSA) is 122 Å². The molecule has 4 heterocycles.